The minimum absolute atomic E-state index is 0.00380. The van der Waals surface area contributed by atoms with Gasteiger partial charge in [-0.3, -0.25) is 14.7 Å². The lowest BCUT2D eigenvalue weighted by atomic mass is 10.1. The van der Waals surface area contributed by atoms with Crippen LogP contribution in [0.4, 0.5) is 10.5 Å². The number of hydrogen-bond acceptors (Lipinski definition) is 4. The molecule has 98 valence electrons. The van der Waals surface area contributed by atoms with Crippen molar-refractivity contribution in [3.05, 3.63) is 52.8 Å². The molecule has 1 heterocycles. The number of nitrogens with zero attached hydrogens (tertiary/aromatic N) is 2. The number of rotatable bonds is 3. The van der Waals surface area contributed by atoms with Crippen LogP contribution >= 0.6 is 0 Å². The molecule has 19 heavy (non-hydrogen) atoms. The fourth-order valence-electron chi connectivity index (χ4n) is 1.74. The van der Waals surface area contributed by atoms with Crippen molar-refractivity contribution in [3.63, 3.8) is 0 Å². The number of aromatic nitrogens is 1. The van der Waals surface area contributed by atoms with Crippen molar-refractivity contribution in [2.75, 3.05) is 6.61 Å². The van der Waals surface area contributed by atoms with Gasteiger partial charge in [0.1, 0.15) is 0 Å². The number of para-hydroxylation sites is 1. The van der Waals surface area contributed by atoms with Gasteiger partial charge in [0.05, 0.1) is 17.1 Å². The van der Waals surface area contributed by atoms with Crippen LogP contribution in [0.2, 0.25) is 0 Å². The number of carbonyl (C=O) groups excluding carboxylic acids is 1. The predicted molar refractivity (Wildman–Crippen MR) is 68.9 cm³/mol. The summed E-state index contributed by atoms with van der Waals surface area (Å²) in [4.78, 5) is 22.0. The summed E-state index contributed by atoms with van der Waals surface area (Å²) in [7, 11) is 0. The van der Waals surface area contributed by atoms with E-state index in [0.717, 1.165) is 0 Å². The Morgan fingerprint density at radius 2 is 2.11 bits per heavy atom. The second-order valence-corrected chi connectivity index (χ2v) is 3.78. The largest absolute Gasteiger partial charge is 0.449 e. The second-order valence-electron chi connectivity index (χ2n) is 3.78. The standard InChI is InChI=1S/C13H12N2O4/c1-2-19-13(16)14-8-7-10(9-14)11-5-3-4-6-12(11)15(17)18/h3-9H,2H2,1H3. The molecule has 1 aromatic carbocycles. The Morgan fingerprint density at radius 1 is 1.37 bits per heavy atom. The maximum Gasteiger partial charge on any atom is 0.417 e. The zero-order chi connectivity index (χ0) is 13.8. The van der Waals surface area contributed by atoms with Crippen LogP contribution in [0.25, 0.3) is 11.1 Å². The fraction of sp³-hybridized carbons (Fsp3) is 0.154. The number of nitro benzene ring substituents is 1. The van der Waals surface area contributed by atoms with Gasteiger partial charge in [-0.1, -0.05) is 12.1 Å². The van der Waals surface area contributed by atoms with Gasteiger partial charge < -0.3 is 4.74 Å². The van der Waals surface area contributed by atoms with Gasteiger partial charge in [-0.15, -0.1) is 0 Å². The van der Waals surface area contributed by atoms with E-state index < -0.39 is 11.0 Å². The van der Waals surface area contributed by atoms with E-state index in [4.69, 9.17) is 4.74 Å². The molecule has 6 nitrogen and oxygen atoms in total. The number of hydrogen-bond donors (Lipinski definition) is 0. The molecule has 0 radical (unpaired) electrons. The van der Waals surface area contributed by atoms with Crippen molar-refractivity contribution in [3.8, 4) is 11.1 Å². The third kappa shape index (κ3) is 2.62. The first-order valence-electron chi connectivity index (χ1n) is 5.72. The SMILES string of the molecule is CCOC(=O)n1ccc(-c2ccccc2[N+](=O)[O-])c1. The van der Waals surface area contributed by atoms with Crippen LogP contribution < -0.4 is 0 Å². The van der Waals surface area contributed by atoms with Crippen LogP contribution in [0.1, 0.15) is 6.92 Å². The van der Waals surface area contributed by atoms with E-state index in [0.29, 0.717) is 11.1 Å². The highest BCUT2D eigenvalue weighted by Gasteiger charge is 2.16. The van der Waals surface area contributed by atoms with E-state index in [9.17, 15) is 14.9 Å². The second kappa shape index (κ2) is 5.34. The van der Waals surface area contributed by atoms with Crippen molar-refractivity contribution < 1.29 is 14.5 Å². The van der Waals surface area contributed by atoms with Gasteiger partial charge in [-0.05, 0) is 19.1 Å². The first-order valence-corrected chi connectivity index (χ1v) is 5.72. The smallest absolute Gasteiger partial charge is 0.417 e. The van der Waals surface area contributed by atoms with Gasteiger partial charge >= 0.3 is 6.09 Å². The highest BCUT2D eigenvalue weighted by molar-refractivity contribution is 5.77. The number of nitro groups is 1. The molecule has 1 aromatic heterocycles. The Balaban J connectivity index is 2.38. The first-order chi connectivity index (χ1) is 9.13. The molecule has 0 atom stereocenters. The number of benzene rings is 1. The van der Waals surface area contributed by atoms with Crippen molar-refractivity contribution in [1.29, 1.82) is 0 Å². The summed E-state index contributed by atoms with van der Waals surface area (Å²) in [5.74, 6) is 0. The van der Waals surface area contributed by atoms with Crippen LogP contribution in [0.15, 0.2) is 42.7 Å². The molecule has 0 amide bonds. The lowest BCUT2D eigenvalue weighted by Crippen LogP contribution is -2.10. The number of ether oxygens (including phenoxy) is 1. The molecule has 0 aliphatic heterocycles. The molecule has 0 aliphatic carbocycles. The quantitative estimate of drug-likeness (QED) is 0.627. The van der Waals surface area contributed by atoms with E-state index in [1.807, 2.05) is 0 Å². The third-order valence-corrected chi connectivity index (χ3v) is 2.58. The van der Waals surface area contributed by atoms with Gasteiger partial charge in [0, 0.05) is 24.0 Å². The molecule has 2 rings (SSSR count). The molecular formula is C13H12N2O4. The zero-order valence-electron chi connectivity index (χ0n) is 10.3. The van der Waals surface area contributed by atoms with Gasteiger partial charge in [-0.25, -0.2) is 4.79 Å². The van der Waals surface area contributed by atoms with E-state index in [2.05, 4.69) is 0 Å². The molecule has 2 aromatic rings. The van der Waals surface area contributed by atoms with Gasteiger partial charge in [0.2, 0.25) is 0 Å². The highest BCUT2D eigenvalue weighted by Crippen LogP contribution is 2.29. The Bertz CT molecular complexity index is 619. The van der Waals surface area contributed by atoms with Crippen molar-refractivity contribution >= 4 is 11.8 Å². The van der Waals surface area contributed by atoms with Gasteiger partial charge in [-0.2, -0.15) is 0 Å². The van der Waals surface area contributed by atoms with Crippen LogP contribution in [0.5, 0.6) is 0 Å². The lowest BCUT2D eigenvalue weighted by Gasteiger charge is -2.01. The zero-order valence-corrected chi connectivity index (χ0v) is 10.3. The first kappa shape index (κ1) is 12.8. The molecule has 0 fully saturated rings. The molecule has 0 aliphatic rings. The molecule has 0 bridgehead atoms. The van der Waals surface area contributed by atoms with E-state index in [1.54, 1.807) is 31.2 Å². The number of carbonyl (C=O) groups is 1. The van der Waals surface area contributed by atoms with Crippen LogP contribution in [0.3, 0.4) is 0 Å². The Kier molecular flexibility index (Phi) is 3.61. The topological polar surface area (TPSA) is 74.4 Å². The van der Waals surface area contributed by atoms with Gasteiger partial charge in [0.15, 0.2) is 0 Å². The maximum atomic E-state index is 11.5. The van der Waals surface area contributed by atoms with Crippen molar-refractivity contribution in [1.82, 2.24) is 4.57 Å². The Morgan fingerprint density at radius 3 is 2.79 bits per heavy atom. The van der Waals surface area contributed by atoms with Crippen molar-refractivity contribution in [2.45, 2.75) is 6.92 Å². The average molecular weight is 260 g/mol. The molecule has 6 heteroatoms. The predicted octanol–water partition coefficient (Wildman–Crippen LogP) is 3.07. The summed E-state index contributed by atoms with van der Waals surface area (Å²) in [5.41, 5.74) is 1.07. The summed E-state index contributed by atoms with van der Waals surface area (Å²) in [6.07, 6.45) is 2.53. The minimum atomic E-state index is -0.507. The van der Waals surface area contributed by atoms with Crippen LogP contribution in [-0.2, 0) is 4.74 Å². The molecule has 0 N–H and O–H groups in total. The monoisotopic (exact) mass is 260 g/mol. The summed E-state index contributed by atoms with van der Waals surface area (Å²) in [6, 6.07) is 8.02. The van der Waals surface area contributed by atoms with Crippen LogP contribution in [-0.4, -0.2) is 22.2 Å². The molecule has 0 unspecified atom stereocenters. The van der Waals surface area contributed by atoms with E-state index in [-0.39, 0.29) is 12.3 Å². The molecule has 0 saturated carbocycles. The molecule has 0 saturated heterocycles. The molecule has 0 spiro atoms. The lowest BCUT2D eigenvalue weighted by molar-refractivity contribution is -0.384. The normalized spacial score (nSPS) is 10.2. The Labute approximate surface area is 109 Å². The third-order valence-electron chi connectivity index (χ3n) is 2.58. The highest BCUT2D eigenvalue weighted by atomic mass is 16.6. The average Bonchev–Trinajstić information content (AvgIpc) is 2.88. The van der Waals surface area contributed by atoms with E-state index in [1.165, 1.54) is 23.0 Å². The van der Waals surface area contributed by atoms with E-state index >= 15 is 0 Å². The van der Waals surface area contributed by atoms with Crippen molar-refractivity contribution in [2.24, 2.45) is 0 Å². The Hall–Kier alpha value is -2.63. The molecular weight excluding hydrogens is 248 g/mol. The maximum absolute atomic E-state index is 11.5. The summed E-state index contributed by atoms with van der Waals surface area (Å²) >= 11 is 0. The van der Waals surface area contributed by atoms with Crippen LogP contribution in [0, 0.1) is 10.1 Å². The minimum Gasteiger partial charge on any atom is -0.449 e. The summed E-state index contributed by atoms with van der Waals surface area (Å²) in [5, 5.41) is 10.9. The summed E-state index contributed by atoms with van der Waals surface area (Å²) < 4.78 is 6.10. The summed E-state index contributed by atoms with van der Waals surface area (Å²) in [6.45, 7) is 1.99. The fourth-order valence-corrected chi connectivity index (χ4v) is 1.74. The van der Waals surface area contributed by atoms with Gasteiger partial charge in [0.25, 0.3) is 5.69 Å².